The number of hydrogen-bond donors (Lipinski definition) is 1. The highest BCUT2D eigenvalue weighted by molar-refractivity contribution is 7.93. The lowest BCUT2D eigenvalue weighted by molar-refractivity contribution is 0.0958. The molecule has 6 nitrogen and oxygen atoms in total. The molecule has 0 radical (unpaired) electrons. The van der Waals surface area contributed by atoms with Crippen LogP contribution < -0.4 is 5.32 Å². The van der Waals surface area contributed by atoms with Gasteiger partial charge in [-0.2, -0.15) is 0 Å². The largest absolute Gasteiger partial charge is 0.355 e. The molecule has 3 aromatic rings. The second kappa shape index (κ2) is 6.90. The molecule has 7 heteroatoms. The standard InChI is InChI=1S/C18H16N2O4S/c1-25(22,23)11-5-10-19-18(21)14-8-9-16-15(12-14)17(24-20-16)13-6-3-2-4-7-13/h2-9,11-12H,10H2,1H3,(H,19,21)/b11-5+. The molecule has 0 saturated heterocycles. The van der Waals surface area contributed by atoms with E-state index >= 15 is 0 Å². The Bertz CT molecular complexity index is 1040. The van der Waals surface area contributed by atoms with Crippen LogP contribution in [0.4, 0.5) is 0 Å². The first-order valence-electron chi connectivity index (χ1n) is 7.54. The van der Waals surface area contributed by atoms with Gasteiger partial charge in [0.2, 0.25) is 0 Å². The van der Waals surface area contributed by atoms with Crippen molar-refractivity contribution in [2.45, 2.75) is 0 Å². The van der Waals surface area contributed by atoms with Crippen LogP contribution in [0.5, 0.6) is 0 Å². The number of sulfone groups is 1. The maximum atomic E-state index is 12.2. The molecule has 3 rings (SSSR count). The minimum atomic E-state index is -3.20. The van der Waals surface area contributed by atoms with Crippen LogP contribution in [0.2, 0.25) is 0 Å². The Morgan fingerprint density at radius 1 is 1.20 bits per heavy atom. The van der Waals surface area contributed by atoms with Crippen molar-refractivity contribution in [3.05, 3.63) is 65.6 Å². The first kappa shape index (κ1) is 16.9. The van der Waals surface area contributed by atoms with Gasteiger partial charge >= 0.3 is 0 Å². The van der Waals surface area contributed by atoms with Gasteiger partial charge in [-0.25, -0.2) is 8.42 Å². The Labute approximate surface area is 145 Å². The van der Waals surface area contributed by atoms with Crippen LogP contribution >= 0.6 is 0 Å². The molecule has 0 saturated carbocycles. The first-order valence-corrected chi connectivity index (χ1v) is 9.49. The summed E-state index contributed by atoms with van der Waals surface area (Å²) in [5, 5.41) is 8.46. The van der Waals surface area contributed by atoms with E-state index in [1.165, 1.54) is 6.08 Å². The fraction of sp³-hybridized carbons (Fsp3) is 0.111. The van der Waals surface area contributed by atoms with E-state index < -0.39 is 9.84 Å². The van der Waals surface area contributed by atoms with Gasteiger partial charge in [0, 0.05) is 29.3 Å². The highest BCUT2D eigenvalue weighted by Crippen LogP contribution is 2.29. The SMILES string of the molecule is CS(=O)(=O)/C=C/CNC(=O)c1ccc2noc(-c3ccccc3)c2c1. The van der Waals surface area contributed by atoms with Gasteiger partial charge in [0.25, 0.3) is 5.91 Å². The smallest absolute Gasteiger partial charge is 0.251 e. The van der Waals surface area contributed by atoms with Crippen LogP contribution in [-0.4, -0.2) is 32.3 Å². The quantitative estimate of drug-likeness (QED) is 0.759. The predicted molar refractivity (Wildman–Crippen MR) is 95.8 cm³/mol. The van der Waals surface area contributed by atoms with Crippen molar-refractivity contribution >= 4 is 26.6 Å². The van der Waals surface area contributed by atoms with Gasteiger partial charge in [0.05, 0.1) is 5.39 Å². The molecule has 0 aliphatic rings. The predicted octanol–water partition coefficient (Wildman–Crippen LogP) is 2.78. The summed E-state index contributed by atoms with van der Waals surface area (Å²) in [7, 11) is -3.20. The van der Waals surface area contributed by atoms with E-state index in [-0.39, 0.29) is 12.5 Å². The van der Waals surface area contributed by atoms with Gasteiger partial charge in [-0.15, -0.1) is 0 Å². The normalized spacial score (nSPS) is 11.9. The third-order valence-electron chi connectivity index (χ3n) is 3.50. The average Bonchev–Trinajstić information content (AvgIpc) is 3.01. The number of aromatic nitrogens is 1. The Morgan fingerprint density at radius 3 is 2.68 bits per heavy atom. The zero-order chi connectivity index (χ0) is 17.9. The number of rotatable bonds is 5. The molecule has 1 N–H and O–H groups in total. The Hall–Kier alpha value is -2.93. The lowest BCUT2D eigenvalue weighted by Gasteiger charge is -2.03. The summed E-state index contributed by atoms with van der Waals surface area (Å²) in [6, 6.07) is 14.6. The fourth-order valence-corrected chi connectivity index (χ4v) is 2.80. The number of carbonyl (C=O) groups is 1. The summed E-state index contributed by atoms with van der Waals surface area (Å²) >= 11 is 0. The van der Waals surface area contributed by atoms with Gasteiger partial charge < -0.3 is 9.84 Å². The number of amides is 1. The Morgan fingerprint density at radius 2 is 1.96 bits per heavy atom. The van der Waals surface area contributed by atoms with E-state index in [0.29, 0.717) is 16.8 Å². The molecular formula is C18H16N2O4S. The topological polar surface area (TPSA) is 89.3 Å². The molecule has 1 heterocycles. The Balaban J connectivity index is 1.83. The number of carbonyl (C=O) groups excluding carboxylic acids is 1. The molecule has 0 atom stereocenters. The molecule has 2 aromatic carbocycles. The van der Waals surface area contributed by atoms with Crippen molar-refractivity contribution in [1.29, 1.82) is 0 Å². The fourth-order valence-electron chi connectivity index (χ4n) is 2.36. The van der Waals surface area contributed by atoms with Crippen molar-refractivity contribution < 1.29 is 17.7 Å². The third kappa shape index (κ3) is 4.13. The Kier molecular flexibility index (Phi) is 4.67. The molecule has 0 aliphatic heterocycles. The molecule has 25 heavy (non-hydrogen) atoms. The van der Waals surface area contributed by atoms with Crippen LogP contribution in [0.25, 0.3) is 22.2 Å². The van der Waals surface area contributed by atoms with E-state index in [2.05, 4.69) is 10.5 Å². The highest BCUT2D eigenvalue weighted by atomic mass is 32.2. The molecule has 0 aliphatic carbocycles. The number of nitrogens with one attached hydrogen (secondary N) is 1. The summed E-state index contributed by atoms with van der Waals surface area (Å²) in [5.41, 5.74) is 1.98. The van der Waals surface area contributed by atoms with Gasteiger partial charge in [0.15, 0.2) is 15.6 Å². The average molecular weight is 356 g/mol. The molecular weight excluding hydrogens is 340 g/mol. The molecule has 1 aromatic heterocycles. The van der Waals surface area contributed by atoms with Crippen molar-refractivity contribution in [3.8, 4) is 11.3 Å². The van der Waals surface area contributed by atoms with E-state index in [0.717, 1.165) is 22.6 Å². The molecule has 0 bridgehead atoms. The van der Waals surface area contributed by atoms with E-state index in [1.54, 1.807) is 18.2 Å². The van der Waals surface area contributed by atoms with Crippen LogP contribution in [0.15, 0.2) is 64.5 Å². The number of nitrogens with zero attached hydrogens (tertiary/aromatic N) is 1. The van der Waals surface area contributed by atoms with Crippen molar-refractivity contribution in [2.24, 2.45) is 0 Å². The highest BCUT2D eigenvalue weighted by Gasteiger charge is 2.13. The molecule has 0 unspecified atom stereocenters. The second-order valence-corrected chi connectivity index (χ2v) is 7.45. The van der Waals surface area contributed by atoms with Crippen molar-refractivity contribution in [3.63, 3.8) is 0 Å². The van der Waals surface area contributed by atoms with Crippen LogP contribution in [-0.2, 0) is 9.84 Å². The van der Waals surface area contributed by atoms with Gasteiger partial charge in [-0.05, 0) is 18.2 Å². The van der Waals surface area contributed by atoms with E-state index in [9.17, 15) is 13.2 Å². The van der Waals surface area contributed by atoms with Crippen molar-refractivity contribution in [1.82, 2.24) is 10.5 Å². The summed E-state index contributed by atoms with van der Waals surface area (Å²) in [5.74, 6) is 0.294. The van der Waals surface area contributed by atoms with Gasteiger partial charge in [-0.3, -0.25) is 4.79 Å². The lowest BCUT2D eigenvalue weighted by atomic mass is 10.1. The second-order valence-electron chi connectivity index (χ2n) is 5.52. The lowest BCUT2D eigenvalue weighted by Crippen LogP contribution is -2.23. The van der Waals surface area contributed by atoms with Crippen LogP contribution in [0.1, 0.15) is 10.4 Å². The van der Waals surface area contributed by atoms with Gasteiger partial charge in [0.1, 0.15) is 5.52 Å². The van der Waals surface area contributed by atoms with E-state index in [1.807, 2.05) is 30.3 Å². The maximum Gasteiger partial charge on any atom is 0.251 e. The number of fused-ring (bicyclic) bond motifs is 1. The number of hydrogen-bond acceptors (Lipinski definition) is 5. The summed E-state index contributed by atoms with van der Waals surface area (Å²) in [4.78, 5) is 12.2. The van der Waals surface area contributed by atoms with Gasteiger partial charge in [-0.1, -0.05) is 41.6 Å². The maximum absolute atomic E-state index is 12.2. The molecule has 0 fully saturated rings. The first-order chi connectivity index (χ1) is 11.9. The molecule has 0 spiro atoms. The minimum Gasteiger partial charge on any atom is -0.355 e. The monoisotopic (exact) mass is 356 g/mol. The van der Waals surface area contributed by atoms with Crippen LogP contribution in [0.3, 0.4) is 0 Å². The molecule has 1 amide bonds. The molecule has 128 valence electrons. The zero-order valence-corrected chi connectivity index (χ0v) is 14.3. The minimum absolute atomic E-state index is 0.124. The van der Waals surface area contributed by atoms with Crippen LogP contribution in [0, 0.1) is 0 Å². The summed E-state index contributed by atoms with van der Waals surface area (Å²) < 4.78 is 27.4. The van der Waals surface area contributed by atoms with Crippen molar-refractivity contribution in [2.75, 3.05) is 12.8 Å². The third-order valence-corrected chi connectivity index (χ3v) is 4.19. The summed E-state index contributed by atoms with van der Waals surface area (Å²) in [6.07, 6.45) is 2.48. The summed E-state index contributed by atoms with van der Waals surface area (Å²) in [6.45, 7) is 0.124. The van der Waals surface area contributed by atoms with E-state index in [4.69, 9.17) is 4.52 Å². The number of benzene rings is 2. The zero-order valence-electron chi connectivity index (χ0n) is 13.5.